The molecule has 0 aliphatic heterocycles. The van der Waals surface area contributed by atoms with Crippen LogP contribution in [0.3, 0.4) is 0 Å². The highest BCUT2D eigenvalue weighted by Gasteiger charge is 2.13. The molecule has 0 amide bonds. The summed E-state index contributed by atoms with van der Waals surface area (Å²) in [7, 11) is 1.51. The first kappa shape index (κ1) is 14.9. The third-order valence-electron chi connectivity index (χ3n) is 2.89. The van der Waals surface area contributed by atoms with Gasteiger partial charge in [-0.1, -0.05) is 18.5 Å². The van der Waals surface area contributed by atoms with Gasteiger partial charge in [0.25, 0.3) is 5.56 Å². The molecule has 1 heterocycles. The zero-order valence-corrected chi connectivity index (χ0v) is 13.2. The van der Waals surface area contributed by atoms with Crippen LogP contribution in [0.2, 0.25) is 5.15 Å². The molecule has 0 fully saturated rings. The molecular weight excluding hydrogens is 348 g/mol. The van der Waals surface area contributed by atoms with Gasteiger partial charge in [0, 0.05) is 6.07 Å². The second-order valence-electron chi connectivity index (χ2n) is 4.04. The predicted octanol–water partition coefficient (Wildman–Crippen LogP) is 2.51. The summed E-state index contributed by atoms with van der Waals surface area (Å²) in [4.78, 5) is 26.8. The topological polar surface area (TPSA) is 64.1 Å². The molecule has 1 aromatic heterocycles. The molecule has 1 N–H and O–H groups in total. The quantitative estimate of drug-likeness (QED) is 0.857. The number of aromatic nitrogens is 2. The van der Waals surface area contributed by atoms with Gasteiger partial charge in [-0.2, -0.15) is 0 Å². The van der Waals surface area contributed by atoms with Crippen LogP contribution in [-0.4, -0.2) is 16.7 Å². The van der Waals surface area contributed by atoms with Crippen LogP contribution >= 0.6 is 27.5 Å². The average Bonchev–Trinajstić information content (AvgIpc) is 2.40. The fourth-order valence-corrected chi connectivity index (χ4v) is 2.58. The van der Waals surface area contributed by atoms with Gasteiger partial charge in [-0.25, -0.2) is 9.36 Å². The van der Waals surface area contributed by atoms with Gasteiger partial charge in [0.15, 0.2) is 0 Å². The third kappa shape index (κ3) is 2.53. The Kier molecular flexibility index (Phi) is 4.35. The molecule has 7 heteroatoms. The molecule has 2 rings (SSSR count). The maximum Gasteiger partial charge on any atom is 0.334 e. The maximum absolute atomic E-state index is 12.3. The molecule has 0 aliphatic rings. The number of H-pyrrole nitrogens is 1. The first-order valence-corrected chi connectivity index (χ1v) is 7.04. The molecule has 0 atom stereocenters. The minimum absolute atomic E-state index is 0.0860. The van der Waals surface area contributed by atoms with E-state index in [9.17, 15) is 9.59 Å². The van der Waals surface area contributed by atoms with Gasteiger partial charge in [0.1, 0.15) is 10.9 Å². The minimum Gasteiger partial charge on any atom is -0.495 e. The maximum atomic E-state index is 12.3. The van der Waals surface area contributed by atoms with E-state index in [0.29, 0.717) is 23.4 Å². The molecule has 0 aliphatic carbocycles. The van der Waals surface area contributed by atoms with Crippen molar-refractivity contribution in [2.45, 2.75) is 13.3 Å². The highest BCUT2D eigenvalue weighted by Crippen LogP contribution is 2.26. The smallest absolute Gasteiger partial charge is 0.334 e. The summed E-state index contributed by atoms with van der Waals surface area (Å²) >= 11 is 9.20. The molecule has 0 saturated carbocycles. The Bertz CT molecular complexity index is 767. The SMILES string of the molecule is CCc1c(Cl)[nH]c(=O)n(-c2ccc(Br)c(OC)c2)c1=O. The average molecular weight is 360 g/mol. The second-order valence-corrected chi connectivity index (χ2v) is 5.27. The number of hydrogen-bond acceptors (Lipinski definition) is 3. The molecule has 1 aromatic carbocycles. The fraction of sp³-hybridized carbons (Fsp3) is 0.231. The lowest BCUT2D eigenvalue weighted by Gasteiger charge is -2.10. The third-order valence-corrected chi connectivity index (χ3v) is 3.87. The number of halogens is 2. The Morgan fingerprint density at radius 2 is 2.10 bits per heavy atom. The predicted molar refractivity (Wildman–Crippen MR) is 81.3 cm³/mol. The Morgan fingerprint density at radius 3 is 2.70 bits per heavy atom. The van der Waals surface area contributed by atoms with Crippen molar-refractivity contribution in [3.05, 3.63) is 54.2 Å². The summed E-state index contributed by atoms with van der Waals surface area (Å²) in [6, 6.07) is 4.96. The molecule has 20 heavy (non-hydrogen) atoms. The summed E-state index contributed by atoms with van der Waals surface area (Å²) < 4.78 is 6.94. The van der Waals surface area contributed by atoms with E-state index in [1.165, 1.54) is 7.11 Å². The molecule has 5 nitrogen and oxygen atoms in total. The van der Waals surface area contributed by atoms with Gasteiger partial charge in [0.05, 0.1) is 22.8 Å². The standard InChI is InChI=1S/C13H12BrClN2O3/c1-3-8-11(15)16-13(19)17(12(8)18)7-4-5-9(14)10(6-7)20-2/h4-6H,3H2,1-2H3,(H,16,19). The zero-order valence-electron chi connectivity index (χ0n) is 10.9. The van der Waals surface area contributed by atoms with Gasteiger partial charge >= 0.3 is 5.69 Å². The van der Waals surface area contributed by atoms with Crippen LogP contribution in [0.15, 0.2) is 32.3 Å². The second kappa shape index (κ2) is 5.85. The van der Waals surface area contributed by atoms with Crippen LogP contribution in [0.25, 0.3) is 5.69 Å². The van der Waals surface area contributed by atoms with Crippen molar-refractivity contribution in [1.82, 2.24) is 9.55 Å². The Labute approximate surface area is 128 Å². The Morgan fingerprint density at radius 1 is 1.40 bits per heavy atom. The van der Waals surface area contributed by atoms with E-state index >= 15 is 0 Å². The van der Waals surface area contributed by atoms with E-state index in [4.69, 9.17) is 16.3 Å². The molecule has 2 aromatic rings. The van der Waals surface area contributed by atoms with E-state index in [-0.39, 0.29) is 5.15 Å². The lowest BCUT2D eigenvalue weighted by molar-refractivity contribution is 0.412. The molecule has 0 unspecified atom stereocenters. The van der Waals surface area contributed by atoms with Crippen molar-refractivity contribution in [3.8, 4) is 11.4 Å². The minimum atomic E-state index is -0.582. The van der Waals surface area contributed by atoms with Crippen molar-refractivity contribution in [3.63, 3.8) is 0 Å². The summed E-state index contributed by atoms with van der Waals surface area (Å²) in [6.07, 6.45) is 0.433. The molecule has 0 spiro atoms. The lowest BCUT2D eigenvalue weighted by Crippen LogP contribution is -2.36. The van der Waals surface area contributed by atoms with E-state index < -0.39 is 11.2 Å². The van der Waals surface area contributed by atoms with Crippen LogP contribution in [0, 0.1) is 0 Å². The summed E-state index contributed by atoms with van der Waals surface area (Å²) in [6.45, 7) is 1.80. The Hall–Kier alpha value is -1.53. The molecule has 0 bridgehead atoms. The van der Waals surface area contributed by atoms with E-state index in [1.807, 2.05) is 0 Å². The molecule has 0 saturated heterocycles. The van der Waals surface area contributed by atoms with Gasteiger partial charge < -0.3 is 4.74 Å². The van der Waals surface area contributed by atoms with Crippen LogP contribution < -0.4 is 16.0 Å². The van der Waals surface area contributed by atoms with Gasteiger partial charge in [0.2, 0.25) is 0 Å². The largest absolute Gasteiger partial charge is 0.495 e. The summed E-state index contributed by atoms with van der Waals surface area (Å²) in [5, 5.41) is 0.0860. The van der Waals surface area contributed by atoms with Crippen molar-refractivity contribution in [1.29, 1.82) is 0 Å². The number of aromatic amines is 1. The first-order chi connectivity index (χ1) is 9.49. The summed E-state index contributed by atoms with van der Waals surface area (Å²) in [5.74, 6) is 0.529. The summed E-state index contributed by atoms with van der Waals surface area (Å²) in [5.41, 5.74) is -0.219. The lowest BCUT2D eigenvalue weighted by atomic mass is 10.2. The molecule has 106 valence electrons. The van der Waals surface area contributed by atoms with Crippen LogP contribution in [0.4, 0.5) is 0 Å². The fourth-order valence-electron chi connectivity index (χ4n) is 1.87. The van der Waals surface area contributed by atoms with Gasteiger partial charge in [-0.05, 0) is 34.5 Å². The molecular formula is C13H12BrClN2O3. The number of nitrogens with one attached hydrogen (secondary N) is 1. The number of hydrogen-bond donors (Lipinski definition) is 1. The van der Waals surface area contributed by atoms with Crippen molar-refractivity contribution >= 4 is 27.5 Å². The van der Waals surface area contributed by atoms with Gasteiger partial charge in [-0.15, -0.1) is 0 Å². The van der Waals surface area contributed by atoms with Crippen LogP contribution in [0.5, 0.6) is 5.75 Å². The number of methoxy groups -OCH3 is 1. The van der Waals surface area contributed by atoms with Crippen molar-refractivity contribution < 1.29 is 4.74 Å². The number of ether oxygens (including phenoxy) is 1. The number of nitrogens with zero attached hydrogens (tertiary/aromatic N) is 1. The van der Waals surface area contributed by atoms with Gasteiger partial charge in [-0.3, -0.25) is 9.78 Å². The Balaban J connectivity index is 2.76. The molecule has 0 radical (unpaired) electrons. The van der Waals surface area contributed by atoms with E-state index in [1.54, 1.807) is 25.1 Å². The van der Waals surface area contributed by atoms with Crippen LogP contribution in [0.1, 0.15) is 12.5 Å². The first-order valence-electron chi connectivity index (χ1n) is 5.87. The normalized spacial score (nSPS) is 10.6. The zero-order chi connectivity index (χ0) is 14.9. The number of rotatable bonds is 3. The highest BCUT2D eigenvalue weighted by molar-refractivity contribution is 9.10. The van der Waals surface area contributed by atoms with Crippen molar-refractivity contribution in [2.24, 2.45) is 0 Å². The van der Waals surface area contributed by atoms with Crippen molar-refractivity contribution in [2.75, 3.05) is 7.11 Å². The monoisotopic (exact) mass is 358 g/mol. The van der Waals surface area contributed by atoms with E-state index in [2.05, 4.69) is 20.9 Å². The van der Waals surface area contributed by atoms with E-state index in [0.717, 1.165) is 9.04 Å². The van der Waals surface area contributed by atoms with Crippen LogP contribution in [-0.2, 0) is 6.42 Å². The number of benzene rings is 1. The highest BCUT2D eigenvalue weighted by atomic mass is 79.9.